The summed E-state index contributed by atoms with van der Waals surface area (Å²) in [5.41, 5.74) is 6.05. The van der Waals surface area contributed by atoms with E-state index in [1.165, 1.54) is 60.8 Å². The summed E-state index contributed by atoms with van der Waals surface area (Å²) in [5, 5.41) is 0. The maximum absolute atomic E-state index is 5.99. The van der Waals surface area contributed by atoms with E-state index in [0.717, 1.165) is 26.0 Å². The Balaban J connectivity index is 1.38. The second kappa shape index (κ2) is 12.3. The molecular weight excluding hydrogens is 450 g/mol. The molecule has 4 rings (SSSR count). The molecule has 1 saturated carbocycles. The van der Waals surface area contributed by atoms with E-state index in [1.807, 2.05) is 0 Å². The maximum Gasteiger partial charge on any atom is 0.0575 e. The van der Waals surface area contributed by atoms with Crippen molar-refractivity contribution < 1.29 is 4.74 Å². The fourth-order valence-electron chi connectivity index (χ4n) is 7.27. The minimum atomic E-state index is 0.198. The van der Waals surface area contributed by atoms with Crippen LogP contribution in [-0.2, 0) is 4.74 Å². The summed E-state index contributed by atoms with van der Waals surface area (Å²) in [6.45, 7) is 16.1. The average Bonchev–Trinajstić information content (AvgIpc) is 2.89. The summed E-state index contributed by atoms with van der Waals surface area (Å²) in [6.07, 6.45) is 14.6. The zero-order valence-corrected chi connectivity index (χ0v) is 24.4. The number of rotatable bonds is 9. The Kier molecular flexibility index (Phi) is 9.35. The van der Waals surface area contributed by atoms with Crippen LogP contribution < -0.4 is 0 Å². The second-order valence-corrected chi connectivity index (χ2v) is 12.8. The molecule has 37 heavy (non-hydrogen) atoms. The van der Waals surface area contributed by atoms with Gasteiger partial charge < -0.3 is 4.74 Å². The lowest BCUT2D eigenvalue weighted by Gasteiger charge is -2.55. The Labute approximate surface area is 227 Å². The highest BCUT2D eigenvalue weighted by molar-refractivity contribution is 5.64. The molecule has 2 heteroatoms. The predicted molar refractivity (Wildman–Crippen MR) is 159 cm³/mol. The van der Waals surface area contributed by atoms with Gasteiger partial charge in [0.15, 0.2) is 0 Å². The highest BCUT2D eigenvalue weighted by Gasteiger charge is 2.45. The Morgan fingerprint density at radius 3 is 1.78 bits per heavy atom. The molecule has 0 bridgehead atoms. The van der Waals surface area contributed by atoms with Crippen LogP contribution in [0.1, 0.15) is 116 Å². The Bertz CT molecular complexity index is 975. The molecule has 2 aliphatic rings. The number of hydrogen-bond acceptors (Lipinski definition) is 2. The molecule has 2 nitrogen and oxygen atoms in total. The third-order valence-electron chi connectivity index (χ3n) is 9.04. The van der Waals surface area contributed by atoms with Crippen molar-refractivity contribution in [2.45, 2.75) is 122 Å². The van der Waals surface area contributed by atoms with E-state index >= 15 is 0 Å². The lowest BCUT2D eigenvalue weighted by molar-refractivity contribution is -0.0346. The van der Waals surface area contributed by atoms with Crippen molar-refractivity contribution >= 4 is 0 Å². The van der Waals surface area contributed by atoms with E-state index in [2.05, 4.69) is 107 Å². The molecule has 1 aliphatic carbocycles. The minimum Gasteiger partial charge on any atom is -0.378 e. The van der Waals surface area contributed by atoms with Gasteiger partial charge in [0, 0.05) is 24.2 Å². The molecule has 2 aromatic rings. The van der Waals surface area contributed by atoms with Crippen LogP contribution >= 0.6 is 0 Å². The molecule has 1 saturated heterocycles. The standard InChI is InChI=1S/C35H51NO/c1-7-9-10-23-36-34(3,4)25-32(26-35(36,5)6)31-17-15-28(16-18-31)27-11-13-29(14-12-27)30-19-21-33(22-20-30)37-24-8-2/h7,9,11-18,30,32-33H,8,10,19-26H2,1-6H3/b9-7+. The first-order valence-corrected chi connectivity index (χ1v) is 14.9. The summed E-state index contributed by atoms with van der Waals surface area (Å²) in [4.78, 5) is 2.75. The molecular formula is C35H51NO. The summed E-state index contributed by atoms with van der Waals surface area (Å²) in [6, 6.07) is 18.9. The number of nitrogens with zero attached hydrogens (tertiary/aromatic N) is 1. The van der Waals surface area contributed by atoms with Crippen molar-refractivity contribution in [2.24, 2.45) is 0 Å². The van der Waals surface area contributed by atoms with Gasteiger partial charge >= 0.3 is 0 Å². The van der Waals surface area contributed by atoms with E-state index in [1.54, 1.807) is 0 Å². The molecule has 0 N–H and O–H groups in total. The molecule has 1 heterocycles. The van der Waals surface area contributed by atoms with Crippen LogP contribution in [0.5, 0.6) is 0 Å². The van der Waals surface area contributed by atoms with E-state index in [4.69, 9.17) is 4.74 Å². The lowest BCUT2D eigenvalue weighted by atomic mass is 9.71. The van der Waals surface area contributed by atoms with E-state index in [-0.39, 0.29) is 11.1 Å². The van der Waals surface area contributed by atoms with Gasteiger partial charge in [-0.15, -0.1) is 0 Å². The van der Waals surface area contributed by atoms with Crippen molar-refractivity contribution in [1.82, 2.24) is 4.90 Å². The van der Waals surface area contributed by atoms with E-state index in [9.17, 15) is 0 Å². The van der Waals surface area contributed by atoms with Crippen LogP contribution in [-0.4, -0.2) is 35.2 Å². The third kappa shape index (κ3) is 6.95. The highest BCUT2D eigenvalue weighted by atomic mass is 16.5. The van der Waals surface area contributed by atoms with Gasteiger partial charge in [0.25, 0.3) is 0 Å². The first kappa shape index (κ1) is 28.1. The van der Waals surface area contributed by atoms with E-state index in [0.29, 0.717) is 17.9 Å². The maximum atomic E-state index is 5.99. The van der Waals surface area contributed by atoms with Gasteiger partial charge in [0.2, 0.25) is 0 Å². The Morgan fingerprint density at radius 2 is 1.30 bits per heavy atom. The summed E-state index contributed by atoms with van der Waals surface area (Å²) in [5.74, 6) is 1.30. The smallest absolute Gasteiger partial charge is 0.0575 e. The molecule has 202 valence electrons. The van der Waals surface area contributed by atoms with Gasteiger partial charge in [-0.3, -0.25) is 4.90 Å². The molecule has 0 aromatic heterocycles. The second-order valence-electron chi connectivity index (χ2n) is 12.8. The summed E-state index contributed by atoms with van der Waals surface area (Å²) >= 11 is 0. The zero-order valence-electron chi connectivity index (χ0n) is 24.4. The summed E-state index contributed by atoms with van der Waals surface area (Å²) in [7, 11) is 0. The van der Waals surface area contributed by atoms with Gasteiger partial charge in [0.1, 0.15) is 0 Å². The van der Waals surface area contributed by atoms with Gasteiger partial charge in [-0.05, 0) is 120 Å². The number of likely N-dealkylation sites (tertiary alicyclic amines) is 1. The predicted octanol–water partition coefficient (Wildman–Crippen LogP) is 9.51. The molecule has 1 aliphatic heterocycles. The Morgan fingerprint density at radius 1 is 0.784 bits per heavy atom. The average molecular weight is 502 g/mol. The number of allylic oxidation sites excluding steroid dienone is 1. The highest BCUT2D eigenvalue weighted by Crippen LogP contribution is 2.46. The topological polar surface area (TPSA) is 12.5 Å². The normalized spacial score (nSPS) is 24.5. The first-order chi connectivity index (χ1) is 17.7. The van der Waals surface area contributed by atoms with Gasteiger partial charge in [-0.25, -0.2) is 0 Å². The molecule has 0 atom stereocenters. The fraction of sp³-hybridized carbons (Fsp3) is 0.600. The monoisotopic (exact) mass is 501 g/mol. The van der Waals surface area contributed by atoms with Crippen molar-refractivity contribution in [2.75, 3.05) is 13.2 Å². The number of benzene rings is 2. The lowest BCUT2D eigenvalue weighted by Crippen LogP contribution is -2.60. The SMILES string of the molecule is C/C=C/CCN1C(C)(C)CC(c2ccc(-c3ccc(C4CCC(OCCC)CC4)cc3)cc2)CC1(C)C. The molecule has 0 spiro atoms. The van der Waals surface area contributed by atoms with Gasteiger partial charge in [-0.1, -0.05) is 67.6 Å². The van der Waals surface area contributed by atoms with Crippen molar-refractivity contribution in [3.63, 3.8) is 0 Å². The van der Waals surface area contributed by atoms with Crippen molar-refractivity contribution in [3.8, 4) is 11.1 Å². The van der Waals surface area contributed by atoms with Crippen LogP contribution in [0.15, 0.2) is 60.7 Å². The third-order valence-corrected chi connectivity index (χ3v) is 9.04. The molecule has 0 amide bonds. The van der Waals surface area contributed by atoms with Crippen LogP contribution in [0.25, 0.3) is 11.1 Å². The number of hydrogen-bond donors (Lipinski definition) is 0. The molecule has 0 unspecified atom stereocenters. The summed E-state index contributed by atoms with van der Waals surface area (Å²) < 4.78 is 5.99. The zero-order chi connectivity index (χ0) is 26.5. The van der Waals surface area contributed by atoms with Crippen molar-refractivity contribution in [1.29, 1.82) is 0 Å². The van der Waals surface area contributed by atoms with Crippen LogP contribution in [0.3, 0.4) is 0 Å². The van der Waals surface area contributed by atoms with Crippen LogP contribution in [0, 0.1) is 0 Å². The molecule has 2 fully saturated rings. The fourth-order valence-corrected chi connectivity index (χ4v) is 7.27. The Hall–Kier alpha value is -1.90. The van der Waals surface area contributed by atoms with E-state index < -0.39 is 0 Å². The number of ether oxygens (including phenoxy) is 1. The molecule has 2 aromatic carbocycles. The quantitative estimate of drug-likeness (QED) is 0.317. The van der Waals surface area contributed by atoms with Gasteiger partial charge in [0.05, 0.1) is 6.10 Å². The first-order valence-electron chi connectivity index (χ1n) is 14.9. The number of piperidine rings is 1. The molecule has 0 radical (unpaired) electrons. The van der Waals surface area contributed by atoms with Crippen LogP contribution in [0.4, 0.5) is 0 Å². The van der Waals surface area contributed by atoms with Crippen molar-refractivity contribution in [3.05, 3.63) is 71.8 Å². The van der Waals surface area contributed by atoms with Gasteiger partial charge in [-0.2, -0.15) is 0 Å². The minimum absolute atomic E-state index is 0.198. The largest absolute Gasteiger partial charge is 0.378 e. The van der Waals surface area contributed by atoms with Crippen LogP contribution in [0.2, 0.25) is 0 Å².